The molecular formula is C15H10ClNO3S. The van der Waals surface area contributed by atoms with Gasteiger partial charge < -0.3 is 4.42 Å². The first kappa shape index (κ1) is 14.0. The molecule has 0 N–H and O–H groups in total. The van der Waals surface area contributed by atoms with Crippen LogP contribution in [0.1, 0.15) is 11.3 Å². The van der Waals surface area contributed by atoms with Gasteiger partial charge in [-0.25, -0.2) is 0 Å². The number of halogens is 1. The first-order chi connectivity index (χ1) is 10.1. The Morgan fingerprint density at radius 1 is 1.24 bits per heavy atom. The summed E-state index contributed by atoms with van der Waals surface area (Å²) in [5.41, 5.74) is 0.809. The number of benzene rings is 1. The molecule has 0 spiro atoms. The van der Waals surface area contributed by atoms with E-state index < -0.39 is 0 Å². The number of nitrogens with zero attached hydrogens (tertiary/aromatic N) is 1. The second-order valence-electron chi connectivity index (χ2n) is 4.41. The Hall–Kier alpha value is -1.98. The summed E-state index contributed by atoms with van der Waals surface area (Å²) in [6, 6.07) is 10.5. The van der Waals surface area contributed by atoms with Gasteiger partial charge in [0.2, 0.25) is 0 Å². The van der Waals surface area contributed by atoms with Crippen LogP contribution in [-0.2, 0) is 11.3 Å². The van der Waals surface area contributed by atoms with Crippen molar-refractivity contribution >= 4 is 40.6 Å². The highest BCUT2D eigenvalue weighted by atomic mass is 35.5. The number of carbonyl (C=O) groups is 2. The van der Waals surface area contributed by atoms with Gasteiger partial charge in [-0.3, -0.25) is 14.5 Å². The first-order valence-corrected chi connectivity index (χ1v) is 7.36. The minimum absolute atomic E-state index is 0.209. The van der Waals surface area contributed by atoms with Crippen molar-refractivity contribution in [2.45, 2.75) is 6.54 Å². The average Bonchev–Trinajstić information content (AvgIpc) is 3.04. The minimum atomic E-state index is -0.318. The van der Waals surface area contributed by atoms with Gasteiger partial charge in [0.25, 0.3) is 11.1 Å². The predicted molar refractivity (Wildman–Crippen MR) is 81.7 cm³/mol. The number of thioether (sulfide) groups is 1. The Morgan fingerprint density at radius 2 is 2.10 bits per heavy atom. The molecule has 1 fully saturated rings. The highest BCUT2D eigenvalue weighted by molar-refractivity contribution is 8.18. The maximum absolute atomic E-state index is 12.3. The summed E-state index contributed by atoms with van der Waals surface area (Å²) in [6.07, 6.45) is 3.09. The largest absolute Gasteiger partial charge is 0.465 e. The molecule has 0 atom stereocenters. The zero-order chi connectivity index (χ0) is 14.8. The van der Waals surface area contributed by atoms with Crippen molar-refractivity contribution in [2.75, 3.05) is 0 Å². The third kappa shape index (κ3) is 3.04. The third-order valence-corrected chi connectivity index (χ3v) is 4.06. The van der Waals surface area contributed by atoms with Crippen LogP contribution in [0.3, 0.4) is 0 Å². The number of carbonyl (C=O) groups excluding carboxylic acids is 2. The lowest BCUT2D eigenvalue weighted by Gasteiger charge is -2.12. The van der Waals surface area contributed by atoms with E-state index in [0.29, 0.717) is 15.7 Å². The lowest BCUT2D eigenvalue weighted by atomic mass is 10.2. The van der Waals surface area contributed by atoms with E-state index in [4.69, 9.17) is 16.0 Å². The second-order valence-corrected chi connectivity index (χ2v) is 5.84. The highest BCUT2D eigenvalue weighted by Gasteiger charge is 2.35. The Kier molecular flexibility index (Phi) is 3.86. The number of imide groups is 1. The SMILES string of the molecule is O=C1S/C(=C\c2ccco2)C(=O)N1Cc1cccc(Cl)c1. The molecule has 0 radical (unpaired) electrons. The maximum Gasteiger partial charge on any atom is 0.293 e. The van der Waals surface area contributed by atoms with E-state index >= 15 is 0 Å². The Bertz CT molecular complexity index is 724. The quantitative estimate of drug-likeness (QED) is 0.797. The van der Waals surface area contributed by atoms with Crippen LogP contribution >= 0.6 is 23.4 Å². The monoisotopic (exact) mass is 319 g/mol. The fraction of sp³-hybridized carbons (Fsp3) is 0.0667. The van der Waals surface area contributed by atoms with Crippen molar-refractivity contribution in [1.82, 2.24) is 4.90 Å². The van der Waals surface area contributed by atoms with Gasteiger partial charge in [0, 0.05) is 11.1 Å². The van der Waals surface area contributed by atoms with Gasteiger partial charge in [-0.1, -0.05) is 23.7 Å². The van der Waals surface area contributed by atoms with E-state index in [9.17, 15) is 9.59 Å². The average molecular weight is 320 g/mol. The number of hydrogen-bond acceptors (Lipinski definition) is 4. The van der Waals surface area contributed by atoms with E-state index in [-0.39, 0.29) is 17.7 Å². The fourth-order valence-corrected chi connectivity index (χ4v) is 2.99. The third-order valence-electron chi connectivity index (χ3n) is 2.92. The molecule has 21 heavy (non-hydrogen) atoms. The van der Waals surface area contributed by atoms with Crippen molar-refractivity contribution in [3.63, 3.8) is 0 Å². The Morgan fingerprint density at radius 3 is 2.81 bits per heavy atom. The van der Waals surface area contributed by atoms with Crippen LogP contribution < -0.4 is 0 Å². The molecule has 0 bridgehead atoms. The van der Waals surface area contributed by atoms with Crippen LogP contribution in [0.2, 0.25) is 5.02 Å². The van der Waals surface area contributed by atoms with E-state index in [1.165, 1.54) is 11.2 Å². The minimum Gasteiger partial charge on any atom is -0.465 e. The highest BCUT2D eigenvalue weighted by Crippen LogP contribution is 2.33. The molecule has 2 heterocycles. The summed E-state index contributed by atoms with van der Waals surface area (Å²) in [5, 5.41) is 0.281. The van der Waals surface area contributed by atoms with Gasteiger partial charge in [-0.15, -0.1) is 0 Å². The maximum atomic E-state index is 12.3. The van der Waals surface area contributed by atoms with Crippen molar-refractivity contribution in [3.8, 4) is 0 Å². The second kappa shape index (κ2) is 5.79. The molecular weight excluding hydrogens is 310 g/mol. The van der Waals surface area contributed by atoms with Crippen molar-refractivity contribution in [3.05, 3.63) is 63.9 Å². The zero-order valence-corrected chi connectivity index (χ0v) is 12.4. The molecule has 1 saturated heterocycles. The van der Waals surface area contributed by atoms with E-state index in [1.54, 1.807) is 36.4 Å². The van der Waals surface area contributed by atoms with Crippen LogP contribution in [-0.4, -0.2) is 16.0 Å². The van der Waals surface area contributed by atoms with Gasteiger partial charge in [-0.2, -0.15) is 0 Å². The Balaban J connectivity index is 1.81. The van der Waals surface area contributed by atoms with E-state index in [0.717, 1.165) is 17.3 Å². The summed E-state index contributed by atoms with van der Waals surface area (Å²) in [4.78, 5) is 25.8. The molecule has 1 aromatic carbocycles. The molecule has 4 nitrogen and oxygen atoms in total. The molecule has 1 aromatic heterocycles. The molecule has 0 unspecified atom stereocenters. The van der Waals surface area contributed by atoms with Gasteiger partial charge in [0.1, 0.15) is 5.76 Å². The van der Waals surface area contributed by atoms with E-state index in [1.807, 2.05) is 6.07 Å². The number of hydrogen-bond donors (Lipinski definition) is 0. The summed E-state index contributed by atoms with van der Waals surface area (Å²) < 4.78 is 5.16. The van der Waals surface area contributed by atoms with Crippen molar-refractivity contribution in [1.29, 1.82) is 0 Å². The Labute approximate surface area is 130 Å². The van der Waals surface area contributed by atoms with Gasteiger partial charge >= 0.3 is 0 Å². The molecule has 106 valence electrons. The number of amides is 2. The summed E-state index contributed by atoms with van der Waals surface area (Å²) in [6.45, 7) is 0.209. The molecule has 0 aliphatic carbocycles. The molecule has 3 rings (SSSR count). The normalized spacial score (nSPS) is 17.0. The predicted octanol–water partition coefficient (Wildman–Crippen LogP) is 4.17. The summed E-state index contributed by atoms with van der Waals surface area (Å²) in [7, 11) is 0. The lowest BCUT2D eigenvalue weighted by molar-refractivity contribution is -0.123. The summed E-state index contributed by atoms with van der Waals surface area (Å²) in [5.74, 6) is 0.227. The van der Waals surface area contributed by atoms with Crippen LogP contribution in [0.15, 0.2) is 52.0 Å². The zero-order valence-electron chi connectivity index (χ0n) is 10.8. The van der Waals surface area contributed by atoms with Crippen LogP contribution in [0.25, 0.3) is 6.08 Å². The van der Waals surface area contributed by atoms with Crippen LogP contribution in [0, 0.1) is 0 Å². The lowest BCUT2D eigenvalue weighted by Crippen LogP contribution is -2.27. The molecule has 0 saturated carbocycles. The van der Waals surface area contributed by atoms with Crippen molar-refractivity contribution < 1.29 is 14.0 Å². The van der Waals surface area contributed by atoms with Crippen molar-refractivity contribution in [2.24, 2.45) is 0 Å². The molecule has 6 heteroatoms. The number of rotatable bonds is 3. The van der Waals surface area contributed by atoms with Gasteiger partial charge in [0.05, 0.1) is 17.7 Å². The van der Waals surface area contributed by atoms with Crippen LogP contribution in [0.4, 0.5) is 4.79 Å². The van der Waals surface area contributed by atoms with Gasteiger partial charge in [0.15, 0.2) is 0 Å². The number of furan rings is 1. The summed E-state index contributed by atoms with van der Waals surface area (Å²) >= 11 is 6.82. The molecule has 2 amide bonds. The smallest absolute Gasteiger partial charge is 0.293 e. The molecule has 2 aromatic rings. The molecule has 1 aliphatic rings. The topological polar surface area (TPSA) is 50.5 Å². The fourth-order valence-electron chi connectivity index (χ4n) is 1.96. The standard InChI is InChI=1S/C15H10ClNO3S/c16-11-4-1-3-10(7-11)9-17-14(18)13(21-15(17)19)8-12-5-2-6-20-12/h1-8H,9H2/b13-8-. The van der Waals surface area contributed by atoms with Crippen LogP contribution in [0.5, 0.6) is 0 Å². The molecule has 1 aliphatic heterocycles. The van der Waals surface area contributed by atoms with E-state index in [2.05, 4.69) is 0 Å². The first-order valence-electron chi connectivity index (χ1n) is 6.17. The van der Waals surface area contributed by atoms with Gasteiger partial charge in [-0.05, 0) is 41.6 Å².